The van der Waals surface area contributed by atoms with Gasteiger partial charge < -0.3 is 10.2 Å². The highest BCUT2D eigenvalue weighted by molar-refractivity contribution is 7.13. The van der Waals surface area contributed by atoms with Gasteiger partial charge in [-0.05, 0) is 45.0 Å². The molecule has 0 bridgehead atoms. The number of carbonyl (C=O) groups is 1. The number of aromatic nitrogens is 1. The molecule has 0 aliphatic carbocycles. The maximum atomic E-state index is 12.4. The summed E-state index contributed by atoms with van der Waals surface area (Å²) in [6, 6.07) is 18.5. The maximum absolute atomic E-state index is 12.4. The van der Waals surface area contributed by atoms with Crippen LogP contribution in [0, 0.1) is 0 Å². The number of anilines is 2. The quantitative estimate of drug-likeness (QED) is 0.612. The number of hydrogen-bond donors (Lipinski definition) is 1. The summed E-state index contributed by atoms with van der Waals surface area (Å²) in [5.74, 6) is -0.0520. The molecule has 1 N–H and O–H groups in total. The molecule has 2 aromatic carbocycles. The van der Waals surface area contributed by atoms with Crippen molar-refractivity contribution in [3.05, 3.63) is 65.7 Å². The van der Waals surface area contributed by atoms with Crippen LogP contribution in [0.25, 0.3) is 10.6 Å². The SMILES string of the molecule is CCN(c1ccc(NC(=O)Cc2csc(-c3ccccc3)n2)cc1)C(C)C. The summed E-state index contributed by atoms with van der Waals surface area (Å²) >= 11 is 1.56. The first-order valence-electron chi connectivity index (χ1n) is 9.23. The van der Waals surface area contributed by atoms with Crippen molar-refractivity contribution in [3.8, 4) is 10.6 Å². The lowest BCUT2D eigenvalue weighted by atomic mass is 10.2. The van der Waals surface area contributed by atoms with E-state index < -0.39 is 0 Å². The fraction of sp³-hybridized carbons (Fsp3) is 0.273. The van der Waals surface area contributed by atoms with E-state index in [9.17, 15) is 4.79 Å². The Morgan fingerprint density at radius 1 is 1.11 bits per heavy atom. The number of carbonyl (C=O) groups excluding carboxylic acids is 1. The van der Waals surface area contributed by atoms with E-state index in [2.05, 4.69) is 48.1 Å². The molecule has 0 saturated heterocycles. The van der Waals surface area contributed by atoms with Crippen LogP contribution in [-0.4, -0.2) is 23.5 Å². The molecule has 0 aliphatic rings. The van der Waals surface area contributed by atoms with Crippen LogP contribution in [0.1, 0.15) is 26.5 Å². The lowest BCUT2D eigenvalue weighted by Gasteiger charge is -2.27. The summed E-state index contributed by atoms with van der Waals surface area (Å²) in [4.78, 5) is 19.2. The van der Waals surface area contributed by atoms with Gasteiger partial charge in [0.2, 0.25) is 5.91 Å². The second kappa shape index (κ2) is 8.82. The molecule has 0 aliphatic heterocycles. The highest BCUT2D eigenvalue weighted by atomic mass is 32.1. The van der Waals surface area contributed by atoms with Crippen LogP contribution in [-0.2, 0) is 11.2 Å². The highest BCUT2D eigenvalue weighted by Gasteiger charge is 2.11. The van der Waals surface area contributed by atoms with Gasteiger partial charge in [0, 0.05) is 34.9 Å². The van der Waals surface area contributed by atoms with Crippen molar-refractivity contribution in [2.24, 2.45) is 0 Å². The first-order chi connectivity index (χ1) is 13.1. The monoisotopic (exact) mass is 379 g/mol. The Hall–Kier alpha value is -2.66. The Morgan fingerprint density at radius 3 is 2.44 bits per heavy atom. The van der Waals surface area contributed by atoms with Gasteiger partial charge in [0.05, 0.1) is 12.1 Å². The molecule has 1 aromatic heterocycles. The van der Waals surface area contributed by atoms with E-state index >= 15 is 0 Å². The van der Waals surface area contributed by atoms with Gasteiger partial charge in [0.25, 0.3) is 0 Å². The fourth-order valence-corrected chi connectivity index (χ4v) is 3.88. The van der Waals surface area contributed by atoms with E-state index in [1.54, 1.807) is 11.3 Å². The average Bonchev–Trinajstić information content (AvgIpc) is 3.12. The first kappa shape index (κ1) is 19.1. The molecule has 3 rings (SSSR count). The summed E-state index contributed by atoms with van der Waals surface area (Å²) in [6.45, 7) is 7.46. The van der Waals surface area contributed by atoms with Gasteiger partial charge in [0.1, 0.15) is 5.01 Å². The summed E-state index contributed by atoms with van der Waals surface area (Å²) < 4.78 is 0. The second-order valence-electron chi connectivity index (χ2n) is 6.66. The molecule has 1 amide bonds. The lowest BCUT2D eigenvalue weighted by Crippen LogP contribution is -2.30. The molecule has 0 radical (unpaired) electrons. The summed E-state index contributed by atoms with van der Waals surface area (Å²) in [5.41, 5.74) is 3.85. The molecular weight excluding hydrogens is 354 g/mol. The highest BCUT2D eigenvalue weighted by Crippen LogP contribution is 2.24. The zero-order valence-electron chi connectivity index (χ0n) is 16.0. The molecule has 0 spiro atoms. The van der Waals surface area contributed by atoms with Crippen LogP contribution in [0.5, 0.6) is 0 Å². The normalized spacial score (nSPS) is 10.8. The lowest BCUT2D eigenvalue weighted by molar-refractivity contribution is -0.115. The van der Waals surface area contributed by atoms with Crippen molar-refractivity contribution in [3.63, 3.8) is 0 Å². The molecule has 0 fully saturated rings. The zero-order valence-corrected chi connectivity index (χ0v) is 16.8. The van der Waals surface area contributed by atoms with Gasteiger partial charge in [-0.25, -0.2) is 4.98 Å². The molecule has 3 aromatic rings. The van der Waals surface area contributed by atoms with Crippen molar-refractivity contribution in [2.45, 2.75) is 33.2 Å². The third-order valence-corrected chi connectivity index (χ3v) is 5.30. The van der Waals surface area contributed by atoms with Gasteiger partial charge in [-0.2, -0.15) is 0 Å². The van der Waals surface area contributed by atoms with Crippen molar-refractivity contribution < 1.29 is 4.79 Å². The van der Waals surface area contributed by atoms with Crippen LogP contribution in [0.4, 0.5) is 11.4 Å². The minimum Gasteiger partial charge on any atom is -0.369 e. The van der Waals surface area contributed by atoms with E-state index in [1.165, 1.54) is 0 Å². The van der Waals surface area contributed by atoms with Crippen LogP contribution >= 0.6 is 11.3 Å². The molecule has 140 valence electrons. The number of hydrogen-bond acceptors (Lipinski definition) is 4. The number of thiazole rings is 1. The predicted molar refractivity (Wildman–Crippen MR) is 114 cm³/mol. The van der Waals surface area contributed by atoms with Crippen LogP contribution in [0.3, 0.4) is 0 Å². The molecule has 0 unspecified atom stereocenters. The third-order valence-electron chi connectivity index (χ3n) is 4.36. The number of rotatable bonds is 7. The van der Waals surface area contributed by atoms with Crippen LogP contribution < -0.4 is 10.2 Å². The molecule has 0 saturated carbocycles. The summed E-state index contributed by atoms with van der Waals surface area (Å²) in [6.07, 6.45) is 0.276. The van der Waals surface area contributed by atoms with Gasteiger partial charge in [-0.1, -0.05) is 30.3 Å². The number of benzene rings is 2. The number of amides is 1. The van der Waals surface area contributed by atoms with E-state index in [4.69, 9.17) is 0 Å². The molecular formula is C22H25N3OS. The van der Waals surface area contributed by atoms with E-state index in [1.807, 2.05) is 47.8 Å². The standard InChI is InChI=1S/C22H25N3OS/c1-4-25(16(2)3)20-12-10-18(11-13-20)23-21(26)14-19-15-27-22(24-19)17-8-6-5-7-9-17/h5-13,15-16H,4,14H2,1-3H3,(H,23,26). The smallest absolute Gasteiger partial charge is 0.230 e. The van der Waals surface area contributed by atoms with Crippen molar-refractivity contribution in [1.82, 2.24) is 4.98 Å². The van der Waals surface area contributed by atoms with Crippen LogP contribution in [0.2, 0.25) is 0 Å². The second-order valence-corrected chi connectivity index (χ2v) is 7.52. The van der Waals surface area contributed by atoms with Gasteiger partial charge in [-0.15, -0.1) is 11.3 Å². The van der Waals surface area contributed by atoms with E-state index in [-0.39, 0.29) is 12.3 Å². The molecule has 27 heavy (non-hydrogen) atoms. The van der Waals surface area contributed by atoms with E-state index in [0.29, 0.717) is 6.04 Å². The van der Waals surface area contributed by atoms with Crippen molar-refractivity contribution in [2.75, 3.05) is 16.8 Å². The van der Waals surface area contributed by atoms with Crippen molar-refractivity contribution >= 4 is 28.6 Å². The molecule has 4 nitrogen and oxygen atoms in total. The minimum atomic E-state index is -0.0520. The number of nitrogens with one attached hydrogen (secondary N) is 1. The summed E-state index contributed by atoms with van der Waals surface area (Å²) in [7, 11) is 0. The predicted octanol–water partition coefficient (Wildman–Crippen LogP) is 5.23. The molecule has 5 heteroatoms. The third kappa shape index (κ3) is 4.95. The largest absolute Gasteiger partial charge is 0.369 e. The molecule has 1 heterocycles. The van der Waals surface area contributed by atoms with E-state index in [0.717, 1.165) is 34.2 Å². The Bertz CT molecular complexity index is 872. The minimum absolute atomic E-state index is 0.0520. The van der Waals surface area contributed by atoms with Gasteiger partial charge >= 0.3 is 0 Å². The van der Waals surface area contributed by atoms with Crippen molar-refractivity contribution in [1.29, 1.82) is 0 Å². The Balaban J connectivity index is 1.60. The van der Waals surface area contributed by atoms with Crippen LogP contribution in [0.15, 0.2) is 60.0 Å². The fourth-order valence-electron chi connectivity index (χ4n) is 3.05. The summed E-state index contributed by atoms with van der Waals surface area (Å²) in [5, 5.41) is 5.85. The zero-order chi connectivity index (χ0) is 19.2. The number of nitrogens with zero attached hydrogens (tertiary/aromatic N) is 2. The van der Waals surface area contributed by atoms with Gasteiger partial charge in [-0.3, -0.25) is 4.79 Å². The molecule has 0 atom stereocenters. The topological polar surface area (TPSA) is 45.2 Å². The Morgan fingerprint density at radius 2 is 1.81 bits per heavy atom. The Kier molecular flexibility index (Phi) is 6.24. The van der Waals surface area contributed by atoms with Gasteiger partial charge in [0.15, 0.2) is 0 Å². The Labute approximate surface area is 164 Å². The first-order valence-corrected chi connectivity index (χ1v) is 10.1. The maximum Gasteiger partial charge on any atom is 0.230 e. The average molecular weight is 380 g/mol.